The number of nitrogens with zero attached hydrogens (tertiary/aromatic N) is 4. The zero-order valence-corrected chi connectivity index (χ0v) is 30.5. The Labute approximate surface area is 311 Å². The van der Waals surface area contributed by atoms with Gasteiger partial charge in [0, 0.05) is 36.9 Å². The van der Waals surface area contributed by atoms with Crippen LogP contribution in [0.4, 0.5) is 26.5 Å². The molecule has 4 atom stereocenters. The summed E-state index contributed by atoms with van der Waals surface area (Å²) in [6, 6.07) is 11.3. The largest absolute Gasteiger partial charge is 0.487 e. The molecule has 54 heavy (non-hydrogen) atoms. The summed E-state index contributed by atoms with van der Waals surface area (Å²) >= 11 is 0. The number of halogens is 1. The predicted octanol–water partition coefficient (Wildman–Crippen LogP) is 4.17. The molecule has 17 heteroatoms. The zero-order valence-electron chi connectivity index (χ0n) is 30.5. The van der Waals surface area contributed by atoms with Gasteiger partial charge in [-0.1, -0.05) is 31.8 Å². The quantitative estimate of drug-likeness (QED) is 0.0940. The number of carbonyl (C=O) groups is 1. The number of anilines is 3. The first-order valence-corrected chi connectivity index (χ1v) is 17.2. The molecule has 1 aliphatic rings. The molecule has 2 aromatic carbocycles. The van der Waals surface area contributed by atoms with Gasteiger partial charge in [0.15, 0.2) is 29.4 Å². The molecule has 16 nitrogen and oxygen atoms in total. The zero-order chi connectivity index (χ0) is 39.0. The molecular formula is C37H45FN6O10. The Morgan fingerprint density at radius 1 is 1.00 bits per heavy atom. The second kappa shape index (κ2) is 20.8. The molecule has 0 aliphatic carbocycles. The number of hydrogen-bond donors (Lipinski definition) is 4. The fourth-order valence-corrected chi connectivity index (χ4v) is 5.10. The highest BCUT2D eigenvalue weighted by molar-refractivity contribution is 5.93. The number of rotatable bonds is 16. The molecule has 4 N–H and O–H groups in total. The number of amides is 1. The monoisotopic (exact) mass is 752 g/mol. The number of unbranched alkanes of at least 4 members (excludes halogenated alkanes) is 2. The average Bonchev–Trinajstić information content (AvgIpc) is 3.42. The first-order chi connectivity index (χ1) is 26.1. The second-order valence-corrected chi connectivity index (χ2v) is 11.9. The van der Waals surface area contributed by atoms with Crippen molar-refractivity contribution in [3.05, 3.63) is 70.8 Å². The van der Waals surface area contributed by atoms with Crippen LogP contribution in [0, 0.1) is 18.2 Å². The molecule has 3 heterocycles. The topological polar surface area (TPSA) is 198 Å². The van der Waals surface area contributed by atoms with Crippen LogP contribution < -0.4 is 25.8 Å². The molecule has 0 spiro atoms. The number of nitrogens with one attached hydrogen (secondary N) is 2. The van der Waals surface area contributed by atoms with E-state index in [0.717, 1.165) is 45.8 Å². The summed E-state index contributed by atoms with van der Waals surface area (Å²) in [6.45, 7) is 5.41. The van der Waals surface area contributed by atoms with Gasteiger partial charge in [0.2, 0.25) is 0 Å². The number of carbonyl (C=O) groups excluding carboxylic acids is 1. The summed E-state index contributed by atoms with van der Waals surface area (Å²) < 4.78 is 46.7. The van der Waals surface area contributed by atoms with Crippen LogP contribution in [0.2, 0.25) is 0 Å². The maximum atomic E-state index is 14.1. The first kappa shape index (κ1) is 41.4. The van der Waals surface area contributed by atoms with Crippen molar-refractivity contribution in [1.82, 2.24) is 19.5 Å². The van der Waals surface area contributed by atoms with Crippen LogP contribution in [0.15, 0.2) is 53.7 Å². The van der Waals surface area contributed by atoms with Gasteiger partial charge in [-0.3, -0.25) is 9.88 Å². The maximum absolute atomic E-state index is 14.1. The molecular weight excluding hydrogens is 707 g/mol. The Hall–Kier alpha value is -5.38. The van der Waals surface area contributed by atoms with Gasteiger partial charge in [0.25, 0.3) is 0 Å². The molecule has 4 aromatic rings. The van der Waals surface area contributed by atoms with Crippen molar-refractivity contribution in [3.63, 3.8) is 0 Å². The summed E-state index contributed by atoms with van der Waals surface area (Å²) in [4.78, 5) is 35.8. The van der Waals surface area contributed by atoms with Crippen LogP contribution in [0.1, 0.15) is 44.9 Å². The summed E-state index contributed by atoms with van der Waals surface area (Å²) in [7, 11) is 3.25. The number of aliphatic hydroxyl groups excluding tert-OH is 2. The highest BCUT2D eigenvalue weighted by Gasteiger charge is 2.42. The van der Waals surface area contributed by atoms with E-state index in [4.69, 9.17) is 34.8 Å². The molecule has 0 bridgehead atoms. The molecule has 0 radical (unpaired) electrons. The highest BCUT2D eigenvalue weighted by atomic mass is 19.1. The Bertz CT molecular complexity index is 1940. The van der Waals surface area contributed by atoms with E-state index >= 15 is 0 Å². The van der Waals surface area contributed by atoms with Gasteiger partial charge in [-0.05, 0) is 37.6 Å². The van der Waals surface area contributed by atoms with Gasteiger partial charge in [-0.25, -0.2) is 23.9 Å². The Balaban J connectivity index is 0.000000244. The van der Waals surface area contributed by atoms with E-state index < -0.39 is 48.0 Å². The average molecular weight is 753 g/mol. The van der Waals surface area contributed by atoms with Crippen molar-refractivity contribution >= 4 is 34.3 Å². The third kappa shape index (κ3) is 11.3. The molecule has 2 aromatic heterocycles. The lowest BCUT2D eigenvalue weighted by atomic mass is 10.1. The third-order valence-corrected chi connectivity index (χ3v) is 7.94. The van der Waals surface area contributed by atoms with E-state index in [-0.39, 0.29) is 6.61 Å². The van der Waals surface area contributed by atoms with Crippen molar-refractivity contribution < 1.29 is 47.8 Å². The third-order valence-electron chi connectivity index (χ3n) is 7.94. The highest BCUT2D eigenvalue weighted by Crippen LogP contribution is 2.35. The predicted molar refractivity (Wildman–Crippen MR) is 196 cm³/mol. The minimum atomic E-state index is -1.41. The van der Waals surface area contributed by atoms with Crippen molar-refractivity contribution in [2.45, 2.75) is 57.6 Å². The lowest BCUT2D eigenvalue weighted by Gasteiger charge is -2.17. The van der Waals surface area contributed by atoms with E-state index in [1.165, 1.54) is 13.3 Å². The van der Waals surface area contributed by atoms with Gasteiger partial charge in [-0.2, -0.15) is 4.98 Å². The fraction of sp³-hybridized carbons (Fsp3) is 0.432. The lowest BCUT2D eigenvalue weighted by molar-refractivity contribution is -0.0355. The fourth-order valence-electron chi connectivity index (χ4n) is 5.10. The van der Waals surface area contributed by atoms with Crippen LogP contribution >= 0.6 is 0 Å². The van der Waals surface area contributed by atoms with Crippen molar-refractivity contribution in [3.8, 4) is 23.8 Å². The Kier molecular flexibility index (Phi) is 15.9. The van der Waals surface area contributed by atoms with E-state index in [2.05, 4.69) is 31.5 Å². The maximum Gasteiger partial charge on any atom is 0.412 e. The molecule has 0 saturated carbocycles. The second-order valence-electron chi connectivity index (χ2n) is 11.9. The SMILES string of the molecule is C#Cc1cccc(Nc2ncnc3cc(OCCOC)c(OCCOC)cc23)c1.CCCCCOC(=O)Nc1nc(=O)n([C@@H]2O[C@H](C)[C@@H](O)[C@H]2O)cc1F. The summed E-state index contributed by atoms with van der Waals surface area (Å²) in [5.74, 6) is 2.86. The number of aromatic nitrogens is 4. The number of ether oxygens (including phenoxy) is 6. The van der Waals surface area contributed by atoms with E-state index in [1.807, 2.05) is 43.3 Å². The number of methoxy groups -OCH3 is 2. The van der Waals surface area contributed by atoms with Gasteiger partial charge >= 0.3 is 11.8 Å². The van der Waals surface area contributed by atoms with Crippen LogP contribution in [0.5, 0.6) is 11.5 Å². The number of hydrogen-bond acceptors (Lipinski definition) is 14. The van der Waals surface area contributed by atoms with Gasteiger partial charge in [0.1, 0.15) is 37.6 Å². The van der Waals surface area contributed by atoms with Gasteiger partial charge in [-0.15, -0.1) is 6.42 Å². The standard InChI is InChI=1S/C22H23N3O4.C15H22FN3O6/c1-4-16-6-5-7-17(12-16)25-22-18-13-20(28-10-8-26-2)21(29-11-9-27-3)14-19(18)23-15-24-22;1-3-4-5-6-24-15(23)18-12-9(16)7-19(14(22)17-12)13-11(21)10(20)8(2)25-13/h1,5-7,12-15H,8-11H2,2-3H3,(H,23,24,25);7-8,10-11,13,20-21H,3-6H2,1-2H3,(H,17,18,22,23)/t;8-,10-,11-,13-/m.1/s1. The molecule has 1 amide bonds. The normalized spacial score (nSPS) is 17.6. The molecule has 5 rings (SSSR count). The van der Waals surface area contributed by atoms with Crippen LogP contribution in [0.3, 0.4) is 0 Å². The molecule has 290 valence electrons. The van der Waals surface area contributed by atoms with Crippen molar-refractivity contribution in [1.29, 1.82) is 0 Å². The smallest absolute Gasteiger partial charge is 0.412 e. The van der Waals surface area contributed by atoms with Crippen LogP contribution in [-0.4, -0.2) is 101 Å². The van der Waals surface area contributed by atoms with Gasteiger partial charge in [0.05, 0.1) is 37.6 Å². The Morgan fingerprint density at radius 2 is 1.72 bits per heavy atom. The van der Waals surface area contributed by atoms with E-state index in [9.17, 15) is 24.2 Å². The summed E-state index contributed by atoms with van der Waals surface area (Å²) in [6.07, 6.45) is 4.74. The number of aliphatic hydroxyl groups is 2. The molecule has 0 unspecified atom stereocenters. The van der Waals surface area contributed by atoms with Crippen molar-refractivity contribution in [2.24, 2.45) is 0 Å². The number of benzene rings is 2. The minimum absolute atomic E-state index is 0.177. The number of fused-ring (bicyclic) bond motifs is 1. The number of terminal acetylenes is 1. The lowest BCUT2D eigenvalue weighted by Crippen LogP contribution is -2.36. The Morgan fingerprint density at radius 3 is 2.37 bits per heavy atom. The summed E-state index contributed by atoms with van der Waals surface area (Å²) in [5.41, 5.74) is 1.39. The molecule has 1 fully saturated rings. The first-order valence-electron chi connectivity index (χ1n) is 17.2. The molecule has 1 saturated heterocycles. The van der Waals surface area contributed by atoms with Crippen LogP contribution in [0.25, 0.3) is 10.9 Å². The van der Waals surface area contributed by atoms with Gasteiger partial charge < -0.3 is 44.0 Å². The van der Waals surface area contributed by atoms with Crippen molar-refractivity contribution in [2.75, 3.05) is 57.9 Å². The minimum Gasteiger partial charge on any atom is -0.487 e. The summed E-state index contributed by atoms with van der Waals surface area (Å²) in [5, 5.41) is 25.7. The van der Waals surface area contributed by atoms with E-state index in [0.29, 0.717) is 50.2 Å². The molecule has 1 aliphatic heterocycles. The van der Waals surface area contributed by atoms with Crippen LogP contribution in [-0.2, 0) is 18.9 Å². The van der Waals surface area contributed by atoms with E-state index in [1.54, 1.807) is 14.2 Å².